The molecule has 4 heteroatoms. The van der Waals surface area contributed by atoms with E-state index in [1.807, 2.05) is 24.3 Å². The van der Waals surface area contributed by atoms with Crippen LogP contribution in [0.1, 0.15) is 12.5 Å². The maximum atomic E-state index is 11.2. The normalized spacial score (nSPS) is 14.2. The number of rotatable bonds is 5. The quantitative estimate of drug-likeness (QED) is 0.811. The van der Waals surface area contributed by atoms with Crippen LogP contribution in [0.25, 0.3) is 6.08 Å². The second-order valence-corrected chi connectivity index (χ2v) is 3.93. The first-order chi connectivity index (χ1) is 8.58. The van der Waals surface area contributed by atoms with Crippen LogP contribution in [0, 0.1) is 5.92 Å². The van der Waals surface area contributed by atoms with Gasteiger partial charge in [-0.05, 0) is 24.6 Å². The zero-order valence-corrected chi connectivity index (χ0v) is 10.8. The lowest BCUT2D eigenvalue weighted by molar-refractivity contribution is -0.147. The summed E-state index contributed by atoms with van der Waals surface area (Å²) in [5.41, 5.74) is 0.923. The predicted molar refractivity (Wildman–Crippen MR) is 69.2 cm³/mol. The van der Waals surface area contributed by atoms with Crippen molar-refractivity contribution in [1.29, 1.82) is 0 Å². The van der Waals surface area contributed by atoms with E-state index >= 15 is 0 Å². The molecule has 18 heavy (non-hydrogen) atoms. The van der Waals surface area contributed by atoms with Gasteiger partial charge in [0.15, 0.2) is 0 Å². The second-order valence-electron chi connectivity index (χ2n) is 3.93. The molecule has 0 aliphatic carbocycles. The van der Waals surface area contributed by atoms with E-state index in [1.165, 1.54) is 7.11 Å². The summed E-state index contributed by atoms with van der Waals surface area (Å²) in [6, 6.07) is 7.39. The molecule has 0 saturated heterocycles. The molecule has 0 spiro atoms. The first-order valence-electron chi connectivity index (χ1n) is 5.66. The molecule has 1 aromatic carbocycles. The van der Waals surface area contributed by atoms with E-state index in [1.54, 1.807) is 26.2 Å². The Morgan fingerprint density at radius 3 is 2.39 bits per heavy atom. The Hall–Kier alpha value is -1.81. The summed E-state index contributed by atoms with van der Waals surface area (Å²) in [5.74, 6) is -0.234. The number of hydrogen-bond donors (Lipinski definition) is 1. The Kier molecular flexibility index (Phi) is 5.39. The number of benzene rings is 1. The largest absolute Gasteiger partial charge is 0.497 e. The van der Waals surface area contributed by atoms with Crippen molar-refractivity contribution in [2.24, 2.45) is 5.92 Å². The second kappa shape index (κ2) is 6.81. The molecule has 0 bridgehead atoms. The summed E-state index contributed by atoms with van der Waals surface area (Å²) >= 11 is 0. The van der Waals surface area contributed by atoms with Crippen LogP contribution in [-0.2, 0) is 9.53 Å². The molecule has 2 atom stereocenters. The lowest BCUT2D eigenvalue weighted by atomic mass is 10.0. The van der Waals surface area contributed by atoms with Gasteiger partial charge in [-0.3, -0.25) is 4.79 Å². The van der Waals surface area contributed by atoms with Gasteiger partial charge in [0.1, 0.15) is 5.75 Å². The van der Waals surface area contributed by atoms with Crippen LogP contribution in [0.4, 0.5) is 0 Å². The Morgan fingerprint density at radius 1 is 1.28 bits per heavy atom. The number of carbonyl (C=O) groups is 1. The molecule has 0 fully saturated rings. The van der Waals surface area contributed by atoms with Crippen LogP contribution in [-0.4, -0.2) is 31.4 Å². The molecule has 1 N–H and O–H groups in total. The highest BCUT2D eigenvalue weighted by atomic mass is 16.5. The summed E-state index contributed by atoms with van der Waals surface area (Å²) in [5, 5.41) is 9.77. The van der Waals surface area contributed by atoms with E-state index in [0.717, 1.165) is 11.3 Å². The van der Waals surface area contributed by atoms with E-state index < -0.39 is 18.0 Å². The molecule has 0 radical (unpaired) electrons. The van der Waals surface area contributed by atoms with Crippen LogP contribution in [0.5, 0.6) is 5.75 Å². The highest BCUT2D eigenvalue weighted by Gasteiger charge is 2.19. The van der Waals surface area contributed by atoms with Crippen LogP contribution in [0.3, 0.4) is 0 Å². The SMILES string of the molecule is COC(=O)[C@H](C)[C@@H](O)/C=C/c1ccc(OC)cc1. The van der Waals surface area contributed by atoms with E-state index in [2.05, 4.69) is 4.74 Å². The molecule has 0 amide bonds. The maximum absolute atomic E-state index is 11.2. The monoisotopic (exact) mass is 250 g/mol. The van der Waals surface area contributed by atoms with Crippen LogP contribution < -0.4 is 4.74 Å². The number of esters is 1. The van der Waals surface area contributed by atoms with Gasteiger partial charge in [-0.1, -0.05) is 24.3 Å². The van der Waals surface area contributed by atoms with Gasteiger partial charge >= 0.3 is 5.97 Å². The third kappa shape index (κ3) is 3.89. The summed E-state index contributed by atoms with van der Waals surface area (Å²) in [7, 11) is 2.91. The zero-order valence-electron chi connectivity index (χ0n) is 10.8. The fraction of sp³-hybridized carbons (Fsp3) is 0.357. The molecule has 0 aliphatic rings. The van der Waals surface area contributed by atoms with Crippen molar-refractivity contribution >= 4 is 12.0 Å². The van der Waals surface area contributed by atoms with Crippen molar-refractivity contribution in [3.63, 3.8) is 0 Å². The molecule has 0 saturated carbocycles. The molecular formula is C14H18O4. The number of aliphatic hydroxyl groups is 1. The molecule has 98 valence electrons. The average Bonchev–Trinajstić information content (AvgIpc) is 2.43. The van der Waals surface area contributed by atoms with Gasteiger partial charge in [0.05, 0.1) is 26.2 Å². The van der Waals surface area contributed by atoms with Gasteiger partial charge in [0.25, 0.3) is 0 Å². The summed E-state index contributed by atoms with van der Waals surface area (Å²) in [4.78, 5) is 11.2. The fourth-order valence-electron chi connectivity index (χ4n) is 1.42. The Balaban J connectivity index is 2.65. The number of hydrogen-bond acceptors (Lipinski definition) is 4. The molecule has 0 heterocycles. The van der Waals surface area contributed by atoms with Crippen molar-refractivity contribution in [3.8, 4) is 5.75 Å². The third-order valence-electron chi connectivity index (χ3n) is 2.69. The van der Waals surface area contributed by atoms with E-state index in [9.17, 15) is 9.90 Å². The minimum absolute atomic E-state index is 0.429. The van der Waals surface area contributed by atoms with Gasteiger partial charge in [-0.15, -0.1) is 0 Å². The summed E-state index contributed by atoms with van der Waals surface area (Å²) in [6.07, 6.45) is 2.46. The number of carbonyl (C=O) groups excluding carboxylic acids is 1. The van der Waals surface area contributed by atoms with Gasteiger partial charge < -0.3 is 14.6 Å². The van der Waals surface area contributed by atoms with Crippen molar-refractivity contribution in [2.45, 2.75) is 13.0 Å². The third-order valence-corrected chi connectivity index (χ3v) is 2.69. The van der Waals surface area contributed by atoms with Crippen molar-refractivity contribution in [3.05, 3.63) is 35.9 Å². The van der Waals surface area contributed by atoms with Crippen LogP contribution in [0.2, 0.25) is 0 Å². The Bertz CT molecular complexity index is 408. The molecule has 0 unspecified atom stereocenters. The first-order valence-corrected chi connectivity index (χ1v) is 5.66. The van der Waals surface area contributed by atoms with Gasteiger partial charge in [-0.25, -0.2) is 0 Å². The maximum Gasteiger partial charge on any atom is 0.311 e. The summed E-state index contributed by atoms with van der Waals surface area (Å²) < 4.78 is 9.61. The predicted octanol–water partition coefficient (Wildman–Crippen LogP) is 1.88. The highest BCUT2D eigenvalue weighted by molar-refractivity contribution is 5.73. The smallest absolute Gasteiger partial charge is 0.311 e. The van der Waals surface area contributed by atoms with Crippen molar-refractivity contribution < 1.29 is 19.4 Å². The van der Waals surface area contributed by atoms with E-state index in [-0.39, 0.29) is 0 Å². The Labute approximate surface area is 107 Å². The molecule has 0 aromatic heterocycles. The standard InChI is InChI=1S/C14H18O4/c1-10(14(16)18-3)13(15)9-6-11-4-7-12(17-2)8-5-11/h4-10,13,15H,1-3H3/b9-6+/t10-,13+/m1/s1. The van der Waals surface area contributed by atoms with Crippen molar-refractivity contribution in [2.75, 3.05) is 14.2 Å². The van der Waals surface area contributed by atoms with E-state index in [0.29, 0.717) is 0 Å². The van der Waals surface area contributed by atoms with Gasteiger partial charge in [-0.2, -0.15) is 0 Å². The number of ether oxygens (including phenoxy) is 2. The highest BCUT2D eigenvalue weighted by Crippen LogP contribution is 2.14. The number of aliphatic hydroxyl groups excluding tert-OH is 1. The lowest BCUT2D eigenvalue weighted by Gasteiger charge is -2.12. The van der Waals surface area contributed by atoms with Gasteiger partial charge in [0.2, 0.25) is 0 Å². The van der Waals surface area contributed by atoms with Crippen LogP contribution in [0.15, 0.2) is 30.3 Å². The Morgan fingerprint density at radius 2 is 1.89 bits per heavy atom. The molecule has 1 aromatic rings. The summed E-state index contributed by atoms with van der Waals surface area (Å²) in [6.45, 7) is 1.62. The van der Waals surface area contributed by atoms with E-state index in [4.69, 9.17) is 4.74 Å². The zero-order chi connectivity index (χ0) is 13.5. The molecule has 4 nitrogen and oxygen atoms in total. The number of methoxy groups -OCH3 is 2. The van der Waals surface area contributed by atoms with Gasteiger partial charge in [0, 0.05) is 0 Å². The molecule has 0 aliphatic heterocycles. The minimum atomic E-state index is -0.862. The molecular weight excluding hydrogens is 232 g/mol. The molecule has 1 rings (SSSR count). The van der Waals surface area contributed by atoms with Crippen molar-refractivity contribution in [1.82, 2.24) is 0 Å². The average molecular weight is 250 g/mol. The van der Waals surface area contributed by atoms with Crippen LogP contribution >= 0.6 is 0 Å². The lowest BCUT2D eigenvalue weighted by Crippen LogP contribution is -2.24. The topological polar surface area (TPSA) is 55.8 Å². The minimum Gasteiger partial charge on any atom is -0.497 e. The first kappa shape index (κ1) is 14.3. The fourth-order valence-corrected chi connectivity index (χ4v) is 1.42.